The molecule has 0 saturated carbocycles. The number of carbonyl (C=O) groups is 3. The first kappa shape index (κ1) is 34.8. The number of aryl methyl sites for hydroxylation is 3. The Morgan fingerprint density at radius 2 is 1.40 bits per heavy atom. The van der Waals surface area contributed by atoms with Gasteiger partial charge in [0.05, 0.1) is 0 Å². The van der Waals surface area contributed by atoms with Crippen LogP contribution in [0.3, 0.4) is 0 Å². The van der Waals surface area contributed by atoms with Crippen molar-refractivity contribution < 1.29 is 19.1 Å². The molecule has 0 bridgehead atoms. The quantitative estimate of drug-likeness (QED) is 0.268. The van der Waals surface area contributed by atoms with E-state index in [4.69, 9.17) is 4.74 Å². The van der Waals surface area contributed by atoms with Crippen molar-refractivity contribution in [3.8, 4) is 0 Å². The van der Waals surface area contributed by atoms with Crippen LogP contribution in [0.2, 0.25) is 0 Å². The highest BCUT2D eigenvalue weighted by Crippen LogP contribution is 2.31. The zero-order valence-corrected chi connectivity index (χ0v) is 27.6. The molecule has 0 aliphatic heterocycles. The Morgan fingerprint density at radius 3 is 1.90 bits per heavy atom. The summed E-state index contributed by atoms with van der Waals surface area (Å²) in [7, 11) is 0. The largest absolute Gasteiger partial charge is 0.444 e. The minimum atomic E-state index is -0.908. The molecule has 7 heteroatoms. The fourth-order valence-corrected chi connectivity index (χ4v) is 5.03. The fourth-order valence-electron chi connectivity index (χ4n) is 5.03. The van der Waals surface area contributed by atoms with Crippen molar-refractivity contribution in [3.05, 3.63) is 64.7 Å². The molecular weight excluding hydrogens is 526 g/mol. The molecule has 0 spiro atoms. The van der Waals surface area contributed by atoms with Crippen molar-refractivity contribution in [3.63, 3.8) is 0 Å². The number of nitrogens with zero attached hydrogens (tertiary/aromatic N) is 1. The molecule has 0 radical (unpaired) electrons. The highest BCUT2D eigenvalue weighted by molar-refractivity contribution is 6.00. The second-order valence-electron chi connectivity index (χ2n) is 13.5. The predicted molar refractivity (Wildman–Crippen MR) is 171 cm³/mol. The Balaban J connectivity index is 2.66. The molecule has 0 aliphatic carbocycles. The minimum absolute atomic E-state index is 0.114. The summed E-state index contributed by atoms with van der Waals surface area (Å²) in [4.78, 5) is 43.5. The van der Waals surface area contributed by atoms with Gasteiger partial charge < -0.3 is 20.3 Å². The van der Waals surface area contributed by atoms with Crippen LogP contribution >= 0.6 is 0 Å². The molecule has 0 heterocycles. The Kier molecular flexibility index (Phi) is 12.6. The number of anilines is 1. The summed E-state index contributed by atoms with van der Waals surface area (Å²) in [6.45, 7) is 21.6. The summed E-state index contributed by atoms with van der Waals surface area (Å²) in [5, 5.41) is 6.00. The Bertz CT molecular complexity index is 1180. The first-order valence-corrected chi connectivity index (χ1v) is 15.3. The van der Waals surface area contributed by atoms with Crippen molar-refractivity contribution in [2.75, 3.05) is 5.32 Å². The second-order valence-corrected chi connectivity index (χ2v) is 13.5. The van der Waals surface area contributed by atoms with Crippen LogP contribution in [-0.4, -0.2) is 40.5 Å². The number of rotatable bonds is 12. The van der Waals surface area contributed by atoms with Gasteiger partial charge >= 0.3 is 6.09 Å². The lowest BCUT2D eigenvalue weighted by Gasteiger charge is -2.39. The lowest BCUT2D eigenvalue weighted by molar-refractivity contribution is -0.144. The van der Waals surface area contributed by atoms with Gasteiger partial charge in [-0.3, -0.25) is 9.59 Å². The molecule has 2 aromatic carbocycles. The molecule has 0 saturated heterocycles. The summed E-state index contributed by atoms with van der Waals surface area (Å²) >= 11 is 0. The van der Waals surface area contributed by atoms with E-state index in [0.29, 0.717) is 18.8 Å². The van der Waals surface area contributed by atoms with Crippen molar-refractivity contribution >= 4 is 23.6 Å². The Labute approximate surface area is 253 Å². The number of para-hydroxylation sites is 1. The van der Waals surface area contributed by atoms with Crippen LogP contribution in [0.25, 0.3) is 0 Å². The van der Waals surface area contributed by atoms with Crippen LogP contribution in [0.5, 0.6) is 0 Å². The highest BCUT2D eigenvalue weighted by atomic mass is 16.6. The van der Waals surface area contributed by atoms with Crippen LogP contribution < -0.4 is 10.6 Å². The fraction of sp³-hybridized carbons (Fsp3) is 0.571. The number of nitrogens with one attached hydrogen (secondary N) is 2. The van der Waals surface area contributed by atoms with E-state index < -0.39 is 23.8 Å². The number of hydrogen-bond donors (Lipinski definition) is 2. The van der Waals surface area contributed by atoms with E-state index >= 15 is 0 Å². The first-order chi connectivity index (χ1) is 19.5. The van der Waals surface area contributed by atoms with E-state index in [1.165, 1.54) is 0 Å². The van der Waals surface area contributed by atoms with Gasteiger partial charge in [0.2, 0.25) is 5.91 Å². The van der Waals surface area contributed by atoms with E-state index in [1.807, 2.05) is 84.0 Å². The van der Waals surface area contributed by atoms with Gasteiger partial charge in [0.15, 0.2) is 0 Å². The number of ether oxygens (including phenoxy) is 1. The first-order valence-electron chi connectivity index (χ1n) is 15.3. The normalized spacial score (nSPS) is 13.8. The van der Waals surface area contributed by atoms with Crippen LogP contribution in [0.4, 0.5) is 10.5 Å². The van der Waals surface area contributed by atoms with Crippen LogP contribution in [0.15, 0.2) is 42.5 Å². The van der Waals surface area contributed by atoms with E-state index in [-0.39, 0.29) is 23.8 Å². The second kappa shape index (κ2) is 15.2. The minimum Gasteiger partial charge on any atom is -0.444 e. The summed E-state index contributed by atoms with van der Waals surface area (Å²) in [5.74, 6) is -0.0467. The van der Waals surface area contributed by atoms with Crippen molar-refractivity contribution in [2.45, 2.75) is 119 Å². The number of alkyl carbamates (subject to hydrolysis) is 1. The van der Waals surface area contributed by atoms with E-state index in [2.05, 4.69) is 24.5 Å². The molecule has 2 rings (SSSR count). The summed E-state index contributed by atoms with van der Waals surface area (Å²) in [5.41, 5.74) is 3.70. The van der Waals surface area contributed by atoms with Gasteiger partial charge in [-0.2, -0.15) is 0 Å². The molecule has 0 aromatic heterocycles. The van der Waals surface area contributed by atoms with E-state index in [0.717, 1.165) is 34.4 Å². The molecular formula is C35H53N3O4. The molecule has 2 aromatic rings. The predicted octanol–water partition coefficient (Wildman–Crippen LogP) is 7.88. The lowest BCUT2D eigenvalue weighted by Crippen LogP contribution is -2.55. The third kappa shape index (κ3) is 10.5. The monoisotopic (exact) mass is 579 g/mol. The van der Waals surface area contributed by atoms with Gasteiger partial charge in [0.1, 0.15) is 17.7 Å². The van der Waals surface area contributed by atoms with Gasteiger partial charge in [-0.25, -0.2) is 4.79 Å². The van der Waals surface area contributed by atoms with Gasteiger partial charge in [-0.1, -0.05) is 75.7 Å². The maximum absolute atomic E-state index is 14.6. The topological polar surface area (TPSA) is 87.7 Å². The number of carbonyl (C=O) groups excluding carboxylic acids is 3. The molecule has 42 heavy (non-hydrogen) atoms. The molecule has 3 atom stereocenters. The molecule has 232 valence electrons. The zero-order chi connectivity index (χ0) is 31.8. The third-order valence-electron chi connectivity index (χ3n) is 7.24. The van der Waals surface area contributed by atoms with E-state index in [9.17, 15) is 14.4 Å². The summed E-state index contributed by atoms with van der Waals surface area (Å²) < 4.78 is 5.53. The molecule has 3 amide bonds. The smallest absolute Gasteiger partial charge is 0.408 e. The van der Waals surface area contributed by atoms with Crippen LogP contribution in [0, 0.1) is 32.6 Å². The molecule has 3 unspecified atom stereocenters. The zero-order valence-electron chi connectivity index (χ0n) is 27.6. The molecule has 7 nitrogen and oxygen atoms in total. The standard InChI is InChI=1S/C35H53N3O4/c1-22(2)15-18-27(8)38(33(40)29(21-23(3)4)36-34(41)42-35(9,10)11)31(28-19-16-24(5)17-20-28)32(39)37-30-25(6)13-12-14-26(30)7/h12-14,16-17,19-20,22-23,27,29,31H,15,18,21H2,1-11H3,(H,36,41)(H,37,39). The van der Waals surface area contributed by atoms with Crippen LogP contribution in [-0.2, 0) is 14.3 Å². The summed E-state index contributed by atoms with van der Waals surface area (Å²) in [6.07, 6.45) is 1.36. The van der Waals surface area contributed by atoms with Gasteiger partial charge in [0, 0.05) is 11.7 Å². The van der Waals surface area contributed by atoms with Crippen molar-refractivity contribution in [2.24, 2.45) is 11.8 Å². The molecule has 2 N–H and O–H groups in total. The highest BCUT2D eigenvalue weighted by Gasteiger charge is 2.39. The van der Waals surface area contributed by atoms with Crippen molar-refractivity contribution in [1.82, 2.24) is 10.2 Å². The average molecular weight is 580 g/mol. The Hall–Kier alpha value is -3.35. The average Bonchev–Trinajstić information content (AvgIpc) is 2.86. The van der Waals surface area contributed by atoms with Crippen LogP contribution in [0.1, 0.15) is 103 Å². The molecule has 0 fully saturated rings. The van der Waals surface area contributed by atoms with E-state index in [1.54, 1.807) is 25.7 Å². The maximum Gasteiger partial charge on any atom is 0.408 e. The number of hydrogen-bond acceptors (Lipinski definition) is 4. The Morgan fingerprint density at radius 1 is 0.833 bits per heavy atom. The maximum atomic E-state index is 14.6. The molecule has 0 aliphatic rings. The SMILES string of the molecule is Cc1ccc(C(C(=O)Nc2c(C)cccc2C)N(C(=O)C(CC(C)C)NC(=O)OC(C)(C)C)C(C)CCC(C)C)cc1. The van der Waals surface area contributed by atoms with Gasteiger partial charge in [-0.05, 0) is 96.3 Å². The van der Waals surface area contributed by atoms with Gasteiger partial charge in [-0.15, -0.1) is 0 Å². The van der Waals surface area contributed by atoms with Gasteiger partial charge in [0.25, 0.3) is 5.91 Å². The van der Waals surface area contributed by atoms with Crippen molar-refractivity contribution in [1.29, 1.82) is 0 Å². The summed E-state index contributed by atoms with van der Waals surface area (Å²) in [6, 6.07) is 11.6. The lowest BCUT2D eigenvalue weighted by atomic mass is 9.95. The number of amides is 3. The number of benzene rings is 2. The third-order valence-corrected chi connectivity index (χ3v) is 7.24.